The van der Waals surface area contributed by atoms with Crippen LogP contribution in [0, 0.1) is 0 Å². The summed E-state index contributed by atoms with van der Waals surface area (Å²) in [5.74, 6) is 1.83. The number of nitrogens with zero attached hydrogens (tertiary/aromatic N) is 1. The van der Waals surface area contributed by atoms with Gasteiger partial charge in [-0.25, -0.2) is 0 Å². The first-order chi connectivity index (χ1) is 26.5. The van der Waals surface area contributed by atoms with Gasteiger partial charge < -0.3 is 9.64 Å². The minimum atomic E-state index is -0.450. The number of fused-ring (bicyclic) bond motifs is 5. The van der Waals surface area contributed by atoms with Gasteiger partial charge in [-0.1, -0.05) is 159 Å². The van der Waals surface area contributed by atoms with Crippen LogP contribution in [0.15, 0.2) is 200 Å². The minimum Gasteiger partial charge on any atom is -0.457 e. The van der Waals surface area contributed by atoms with Gasteiger partial charge in [-0.2, -0.15) is 0 Å². The molecule has 0 atom stereocenters. The molecule has 2 heteroatoms. The summed E-state index contributed by atoms with van der Waals surface area (Å²) in [4.78, 5) is 2.36. The second-order valence-corrected chi connectivity index (χ2v) is 14.9. The van der Waals surface area contributed by atoms with Crippen LogP contribution in [0.1, 0.15) is 47.2 Å². The van der Waals surface area contributed by atoms with Gasteiger partial charge in [0.15, 0.2) is 0 Å². The summed E-state index contributed by atoms with van der Waals surface area (Å²) in [5, 5.41) is 0. The molecule has 1 aliphatic heterocycles. The molecule has 258 valence electrons. The Bertz CT molecular complexity index is 2630. The predicted molar refractivity (Wildman–Crippen MR) is 223 cm³/mol. The molecular formula is C52H39NO. The van der Waals surface area contributed by atoms with Gasteiger partial charge in [0.2, 0.25) is 0 Å². The van der Waals surface area contributed by atoms with Crippen LogP contribution in [0.2, 0.25) is 0 Å². The highest BCUT2D eigenvalue weighted by atomic mass is 16.5. The predicted octanol–water partition coefficient (Wildman–Crippen LogP) is 13.6. The van der Waals surface area contributed by atoms with Crippen LogP contribution in [0.5, 0.6) is 11.5 Å². The van der Waals surface area contributed by atoms with Crippen molar-refractivity contribution in [3.63, 3.8) is 0 Å². The topological polar surface area (TPSA) is 12.5 Å². The van der Waals surface area contributed by atoms with E-state index in [1.54, 1.807) is 0 Å². The first kappa shape index (κ1) is 32.0. The lowest BCUT2D eigenvalue weighted by Crippen LogP contribution is -2.28. The number of benzene rings is 8. The summed E-state index contributed by atoms with van der Waals surface area (Å²) in [5.41, 5.74) is 15.1. The van der Waals surface area contributed by atoms with Crippen molar-refractivity contribution in [2.45, 2.75) is 24.7 Å². The molecule has 0 amide bonds. The highest BCUT2D eigenvalue weighted by molar-refractivity contribution is 5.87. The van der Waals surface area contributed by atoms with E-state index in [1.807, 2.05) is 6.07 Å². The van der Waals surface area contributed by atoms with Crippen LogP contribution in [0.3, 0.4) is 0 Å². The van der Waals surface area contributed by atoms with Crippen molar-refractivity contribution in [3.05, 3.63) is 234 Å². The Morgan fingerprint density at radius 1 is 0.370 bits per heavy atom. The van der Waals surface area contributed by atoms with E-state index in [2.05, 4.69) is 213 Å². The molecule has 2 nitrogen and oxygen atoms in total. The fourth-order valence-corrected chi connectivity index (χ4v) is 9.06. The molecule has 54 heavy (non-hydrogen) atoms. The van der Waals surface area contributed by atoms with Gasteiger partial charge in [-0.15, -0.1) is 0 Å². The second-order valence-electron chi connectivity index (χ2n) is 14.9. The molecule has 1 heterocycles. The quantitative estimate of drug-likeness (QED) is 0.172. The van der Waals surface area contributed by atoms with Gasteiger partial charge in [-0.05, 0) is 99.1 Å². The Morgan fingerprint density at radius 2 is 0.889 bits per heavy atom. The summed E-state index contributed by atoms with van der Waals surface area (Å²) in [7, 11) is 0. The minimum absolute atomic E-state index is 0.225. The molecule has 0 radical (unpaired) electrons. The summed E-state index contributed by atoms with van der Waals surface area (Å²) in [6, 6.07) is 72.7. The van der Waals surface area contributed by atoms with Crippen LogP contribution in [0.25, 0.3) is 22.3 Å². The maximum atomic E-state index is 6.46. The van der Waals surface area contributed by atoms with E-state index in [0.29, 0.717) is 0 Å². The smallest absolute Gasteiger partial charge is 0.131 e. The number of hydrogen-bond acceptors (Lipinski definition) is 2. The molecule has 1 aliphatic carbocycles. The summed E-state index contributed by atoms with van der Waals surface area (Å²) in [6.45, 7) is 4.58. The molecular weight excluding hydrogens is 655 g/mol. The van der Waals surface area contributed by atoms with Gasteiger partial charge in [0.25, 0.3) is 0 Å². The van der Waals surface area contributed by atoms with Crippen LogP contribution in [-0.4, -0.2) is 0 Å². The summed E-state index contributed by atoms with van der Waals surface area (Å²) >= 11 is 0. The van der Waals surface area contributed by atoms with Crippen molar-refractivity contribution < 1.29 is 4.74 Å². The van der Waals surface area contributed by atoms with E-state index < -0.39 is 5.41 Å². The van der Waals surface area contributed by atoms with Crippen molar-refractivity contribution >= 4 is 17.1 Å². The van der Waals surface area contributed by atoms with E-state index in [9.17, 15) is 0 Å². The average Bonchev–Trinajstić information content (AvgIpc) is 3.53. The highest BCUT2D eigenvalue weighted by Gasteiger charge is 2.46. The van der Waals surface area contributed by atoms with E-state index in [4.69, 9.17) is 4.74 Å². The Kier molecular flexibility index (Phi) is 7.42. The molecule has 2 aliphatic rings. The van der Waals surface area contributed by atoms with Gasteiger partial charge in [0.1, 0.15) is 11.5 Å². The number of anilines is 3. The number of hydrogen-bond donors (Lipinski definition) is 0. The molecule has 0 spiro atoms. The van der Waals surface area contributed by atoms with E-state index in [0.717, 1.165) is 34.1 Å². The molecule has 0 fully saturated rings. The Labute approximate surface area is 317 Å². The molecule has 0 bridgehead atoms. The molecule has 8 aromatic rings. The van der Waals surface area contributed by atoms with Gasteiger partial charge in [0, 0.05) is 33.6 Å². The summed E-state index contributed by atoms with van der Waals surface area (Å²) in [6.07, 6.45) is 0. The van der Waals surface area contributed by atoms with Crippen LogP contribution in [0.4, 0.5) is 17.1 Å². The second kappa shape index (κ2) is 12.5. The van der Waals surface area contributed by atoms with Gasteiger partial charge in [-0.3, -0.25) is 0 Å². The van der Waals surface area contributed by atoms with Crippen molar-refractivity contribution in [1.82, 2.24) is 0 Å². The zero-order valence-electron chi connectivity index (χ0n) is 30.4. The maximum Gasteiger partial charge on any atom is 0.131 e. The lowest BCUT2D eigenvalue weighted by molar-refractivity contribution is 0.418. The molecule has 0 N–H and O–H groups in total. The SMILES string of the molecule is CC1(C)c2ccccc2Oc2ccc(N(c3ccccc3)c3cccc(-c4cccc(C5(c6ccccc6)c6ccccc6-c6ccccc65)c4)c3)cc21. The third-order valence-corrected chi connectivity index (χ3v) is 11.6. The van der Waals surface area contributed by atoms with Crippen LogP contribution >= 0.6 is 0 Å². The van der Waals surface area contributed by atoms with Gasteiger partial charge >= 0.3 is 0 Å². The molecule has 0 saturated heterocycles. The van der Waals surface area contributed by atoms with Crippen LogP contribution in [-0.2, 0) is 10.8 Å². The van der Waals surface area contributed by atoms with Crippen LogP contribution < -0.4 is 9.64 Å². The zero-order valence-corrected chi connectivity index (χ0v) is 30.4. The molecule has 8 aromatic carbocycles. The lowest BCUT2D eigenvalue weighted by atomic mass is 9.67. The number of para-hydroxylation sites is 2. The van der Waals surface area contributed by atoms with E-state index in [1.165, 1.54) is 50.1 Å². The molecule has 0 aromatic heterocycles. The zero-order chi connectivity index (χ0) is 36.3. The Balaban J connectivity index is 1.12. The van der Waals surface area contributed by atoms with E-state index >= 15 is 0 Å². The monoisotopic (exact) mass is 693 g/mol. The third-order valence-electron chi connectivity index (χ3n) is 11.6. The fourth-order valence-electron chi connectivity index (χ4n) is 9.06. The number of rotatable bonds is 6. The number of ether oxygens (including phenoxy) is 1. The first-order valence-electron chi connectivity index (χ1n) is 18.8. The van der Waals surface area contributed by atoms with Gasteiger partial charge in [0.05, 0.1) is 5.41 Å². The average molecular weight is 694 g/mol. The lowest BCUT2D eigenvalue weighted by Gasteiger charge is -2.36. The largest absolute Gasteiger partial charge is 0.457 e. The highest BCUT2D eigenvalue weighted by Crippen LogP contribution is 2.56. The standard InChI is InChI=1S/C52H39NO/c1-51(2)47-29-13-14-30-49(47)54-50-32-31-42(35-48(50)51)53(40-22-7-4-8-23-40)41-24-16-18-37(34-41)36-17-15-21-39(33-36)52(38-19-5-3-6-20-38)45-27-11-9-25-43(45)44-26-10-12-28-46(44)52/h3-35H,1-2H3. The Hall–Kier alpha value is -6.64. The van der Waals surface area contributed by atoms with Crippen molar-refractivity contribution in [1.29, 1.82) is 0 Å². The summed E-state index contributed by atoms with van der Waals surface area (Å²) < 4.78 is 6.46. The van der Waals surface area contributed by atoms with E-state index in [-0.39, 0.29) is 5.41 Å². The fraction of sp³-hybridized carbons (Fsp3) is 0.0769. The molecule has 0 unspecified atom stereocenters. The van der Waals surface area contributed by atoms with Crippen molar-refractivity contribution in [3.8, 4) is 33.8 Å². The van der Waals surface area contributed by atoms with Crippen molar-refractivity contribution in [2.24, 2.45) is 0 Å². The third kappa shape index (κ3) is 4.87. The van der Waals surface area contributed by atoms with Crippen molar-refractivity contribution in [2.75, 3.05) is 4.90 Å². The normalized spacial score (nSPS) is 14.2. The molecule has 0 saturated carbocycles. The Morgan fingerprint density at radius 3 is 1.61 bits per heavy atom. The maximum absolute atomic E-state index is 6.46. The molecule has 10 rings (SSSR count). The first-order valence-corrected chi connectivity index (χ1v) is 18.8.